The van der Waals surface area contributed by atoms with Gasteiger partial charge in [-0.2, -0.15) is 0 Å². The first-order valence-corrected chi connectivity index (χ1v) is 6.25. The molecule has 0 aliphatic heterocycles. The standard InChI is InChI=1S/C11H14ClN3S/c1-7-11(8-4-5-9(12)16-8)15(3)10(14-7)6-13-2/h4-5,13H,6H2,1-3H3. The lowest BCUT2D eigenvalue weighted by molar-refractivity contribution is 0.712. The molecule has 0 aromatic carbocycles. The Hall–Kier alpha value is -0.840. The summed E-state index contributed by atoms with van der Waals surface area (Å²) in [5, 5.41) is 3.12. The molecule has 0 fully saturated rings. The Bertz CT molecular complexity index is 501. The fourth-order valence-electron chi connectivity index (χ4n) is 1.79. The van der Waals surface area contributed by atoms with Crippen LogP contribution in [0.15, 0.2) is 12.1 Å². The number of nitrogens with one attached hydrogen (secondary N) is 1. The molecular formula is C11H14ClN3S. The van der Waals surface area contributed by atoms with E-state index in [2.05, 4.69) is 14.9 Å². The van der Waals surface area contributed by atoms with Crippen molar-refractivity contribution in [2.45, 2.75) is 13.5 Å². The predicted octanol–water partition coefficient (Wildman–Crippen LogP) is 2.83. The van der Waals surface area contributed by atoms with Crippen LogP contribution in [0.4, 0.5) is 0 Å². The van der Waals surface area contributed by atoms with E-state index in [0.717, 1.165) is 28.1 Å². The van der Waals surface area contributed by atoms with E-state index in [-0.39, 0.29) is 0 Å². The van der Waals surface area contributed by atoms with Gasteiger partial charge < -0.3 is 9.88 Å². The Morgan fingerprint density at radius 1 is 1.50 bits per heavy atom. The van der Waals surface area contributed by atoms with Crippen LogP contribution in [0.2, 0.25) is 4.34 Å². The van der Waals surface area contributed by atoms with Crippen LogP contribution >= 0.6 is 22.9 Å². The second-order valence-corrected chi connectivity index (χ2v) is 5.37. The molecule has 5 heteroatoms. The molecule has 1 N–H and O–H groups in total. The smallest absolute Gasteiger partial charge is 0.123 e. The fraction of sp³-hybridized carbons (Fsp3) is 0.364. The molecule has 2 aromatic heterocycles. The number of hydrogen-bond donors (Lipinski definition) is 1. The quantitative estimate of drug-likeness (QED) is 0.914. The lowest BCUT2D eigenvalue weighted by atomic mass is 10.3. The van der Waals surface area contributed by atoms with Crippen molar-refractivity contribution in [3.8, 4) is 10.6 Å². The fourth-order valence-corrected chi connectivity index (χ4v) is 2.97. The highest BCUT2D eigenvalue weighted by Gasteiger charge is 2.14. The SMILES string of the molecule is CNCc1nc(C)c(-c2ccc(Cl)s2)n1C. The first-order chi connectivity index (χ1) is 7.63. The van der Waals surface area contributed by atoms with Crippen molar-refractivity contribution in [3.63, 3.8) is 0 Å². The molecule has 86 valence electrons. The van der Waals surface area contributed by atoms with E-state index >= 15 is 0 Å². The van der Waals surface area contributed by atoms with Gasteiger partial charge in [0.25, 0.3) is 0 Å². The zero-order chi connectivity index (χ0) is 11.7. The molecule has 0 atom stereocenters. The second-order valence-electron chi connectivity index (χ2n) is 3.66. The average molecular weight is 256 g/mol. The van der Waals surface area contributed by atoms with Gasteiger partial charge in [0.2, 0.25) is 0 Å². The van der Waals surface area contributed by atoms with Crippen LogP contribution in [0, 0.1) is 6.92 Å². The number of aryl methyl sites for hydroxylation is 1. The van der Waals surface area contributed by atoms with E-state index in [0.29, 0.717) is 0 Å². The minimum absolute atomic E-state index is 0.774. The van der Waals surface area contributed by atoms with Gasteiger partial charge in [-0.3, -0.25) is 0 Å². The van der Waals surface area contributed by atoms with Gasteiger partial charge in [0.15, 0.2) is 0 Å². The molecule has 16 heavy (non-hydrogen) atoms. The molecule has 0 spiro atoms. The van der Waals surface area contributed by atoms with Crippen LogP contribution in [-0.2, 0) is 13.6 Å². The molecular weight excluding hydrogens is 242 g/mol. The highest BCUT2D eigenvalue weighted by Crippen LogP contribution is 2.33. The van der Waals surface area contributed by atoms with E-state index in [9.17, 15) is 0 Å². The largest absolute Gasteiger partial charge is 0.329 e. The van der Waals surface area contributed by atoms with Crippen molar-refractivity contribution in [1.82, 2.24) is 14.9 Å². The van der Waals surface area contributed by atoms with Gasteiger partial charge in [-0.25, -0.2) is 4.98 Å². The van der Waals surface area contributed by atoms with E-state index < -0.39 is 0 Å². The monoisotopic (exact) mass is 255 g/mol. The number of halogens is 1. The lowest BCUT2D eigenvalue weighted by Gasteiger charge is -2.04. The van der Waals surface area contributed by atoms with Crippen molar-refractivity contribution >= 4 is 22.9 Å². The topological polar surface area (TPSA) is 29.9 Å². The minimum Gasteiger partial charge on any atom is -0.329 e. The van der Waals surface area contributed by atoms with Crippen molar-refractivity contribution in [2.24, 2.45) is 7.05 Å². The van der Waals surface area contributed by atoms with Crippen molar-refractivity contribution in [2.75, 3.05) is 7.05 Å². The first kappa shape index (κ1) is 11.6. The van der Waals surface area contributed by atoms with Gasteiger partial charge in [-0.1, -0.05) is 11.6 Å². The summed E-state index contributed by atoms with van der Waals surface area (Å²) in [7, 11) is 3.96. The average Bonchev–Trinajstić information content (AvgIpc) is 2.74. The number of thiophene rings is 1. The summed E-state index contributed by atoms with van der Waals surface area (Å²) >= 11 is 7.54. The summed E-state index contributed by atoms with van der Waals surface area (Å²) in [6.45, 7) is 2.80. The molecule has 0 radical (unpaired) electrons. The summed E-state index contributed by atoms with van der Waals surface area (Å²) in [6.07, 6.45) is 0. The van der Waals surface area contributed by atoms with Crippen molar-refractivity contribution in [1.29, 1.82) is 0 Å². The van der Waals surface area contributed by atoms with Gasteiger partial charge >= 0.3 is 0 Å². The van der Waals surface area contributed by atoms with Crippen molar-refractivity contribution in [3.05, 3.63) is 28.0 Å². The summed E-state index contributed by atoms with van der Waals surface area (Å²) in [4.78, 5) is 5.72. The van der Waals surface area contributed by atoms with Gasteiger partial charge in [-0.05, 0) is 26.1 Å². The third kappa shape index (κ3) is 2.00. The molecule has 0 unspecified atom stereocenters. The molecule has 2 rings (SSSR count). The molecule has 0 aliphatic rings. The maximum Gasteiger partial charge on any atom is 0.123 e. The minimum atomic E-state index is 0.774. The molecule has 0 saturated heterocycles. The number of rotatable bonds is 3. The molecule has 2 aromatic rings. The molecule has 0 amide bonds. The number of aromatic nitrogens is 2. The summed E-state index contributed by atoms with van der Waals surface area (Å²) in [5.41, 5.74) is 2.20. The highest BCUT2D eigenvalue weighted by atomic mass is 35.5. The van der Waals surface area contributed by atoms with Crippen LogP contribution in [0.5, 0.6) is 0 Å². The lowest BCUT2D eigenvalue weighted by Crippen LogP contribution is -2.10. The van der Waals surface area contributed by atoms with E-state index in [1.807, 2.05) is 33.2 Å². The molecule has 2 heterocycles. The Morgan fingerprint density at radius 2 is 2.25 bits per heavy atom. The maximum atomic E-state index is 5.96. The van der Waals surface area contributed by atoms with Gasteiger partial charge in [0.1, 0.15) is 5.82 Å². The molecule has 0 saturated carbocycles. The summed E-state index contributed by atoms with van der Waals surface area (Å²) in [5.74, 6) is 1.04. The zero-order valence-electron chi connectivity index (χ0n) is 9.54. The number of imidazole rings is 1. The maximum absolute atomic E-state index is 5.96. The summed E-state index contributed by atoms with van der Waals surface area (Å²) < 4.78 is 2.93. The third-order valence-corrected chi connectivity index (χ3v) is 3.74. The predicted molar refractivity (Wildman–Crippen MR) is 69.0 cm³/mol. The van der Waals surface area contributed by atoms with Crippen LogP contribution in [-0.4, -0.2) is 16.6 Å². The normalized spacial score (nSPS) is 11.0. The Labute approximate surface area is 104 Å². The van der Waals surface area contributed by atoms with E-state index in [1.165, 1.54) is 4.88 Å². The zero-order valence-corrected chi connectivity index (χ0v) is 11.1. The Balaban J connectivity index is 2.48. The van der Waals surface area contributed by atoms with Crippen molar-refractivity contribution < 1.29 is 0 Å². The van der Waals surface area contributed by atoms with Crippen LogP contribution in [0.25, 0.3) is 10.6 Å². The second kappa shape index (κ2) is 4.57. The van der Waals surface area contributed by atoms with Crippen LogP contribution in [0.3, 0.4) is 0 Å². The van der Waals surface area contributed by atoms with Crippen LogP contribution in [0.1, 0.15) is 11.5 Å². The van der Waals surface area contributed by atoms with E-state index in [4.69, 9.17) is 11.6 Å². The highest BCUT2D eigenvalue weighted by molar-refractivity contribution is 7.19. The molecule has 0 bridgehead atoms. The van der Waals surface area contributed by atoms with E-state index in [1.54, 1.807) is 11.3 Å². The summed E-state index contributed by atoms with van der Waals surface area (Å²) in [6, 6.07) is 3.96. The Morgan fingerprint density at radius 3 is 2.81 bits per heavy atom. The molecule has 0 aliphatic carbocycles. The van der Waals surface area contributed by atoms with Gasteiger partial charge in [0, 0.05) is 7.05 Å². The van der Waals surface area contributed by atoms with Gasteiger partial charge in [-0.15, -0.1) is 11.3 Å². The van der Waals surface area contributed by atoms with Crippen LogP contribution < -0.4 is 5.32 Å². The Kier molecular flexibility index (Phi) is 3.33. The first-order valence-electron chi connectivity index (χ1n) is 5.06. The third-order valence-electron chi connectivity index (χ3n) is 2.50. The number of nitrogens with zero attached hydrogens (tertiary/aromatic N) is 2. The van der Waals surface area contributed by atoms with Gasteiger partial charge in [0.05, 0.1) is 27.1 Å². The number of hydrogen-bond acceptors (Lipinski definition) is 3. The molecule has 3 nitrogen and oxygen atoms in total.